The van der Waals surface area contributed by atoms with Gasteiger partial charge in [-0.15, -0.1) is 0 Å². The van der Waals surface area contributed by atoms with Gasteiger partial charge in [0.05, 0.1) is 11.4 Å². The molecule has 418 valence electrons. The Bertz CT molecular complexity index is 5060. The molecule has 0 aliphatic heterocycles. The summed E-state index contributed by atoms with van der Waals surface area (Å²) in [7, 11) is 0. The van der Waals surface area contributed by atoms with Crippen LogP contribution in [0, 0.1) is 27.7 Å². The van der Waals surface area contributed by atoms with E-state index in [2.05, 4.69) is 317 Å². The number of para-hydroxylation sites is 6. The van der Waals surface area contributed by atoms with Crippen LogP contribution >= 0.6 is 0 Å². The van der Waals surface area contributed by atoms with Crippen LogP contribution in [0.15, 0.2) is 300 Å². The number of fused-ring (bicyclic) bond motifs is 8. The first-order valence-electron chi connectivity index (χ1n) is 30.3. The molecule has 0 spiro atoms. The summed E-state index contributed by atoms with van der Waals surface area (Å²) in [4.78, 5) is 4.91. The van der Waals surface area contributed by atoms with Crippen molar-refractivity contribution in [2.45, 2.75) is 27.7 Å². The van der Waals surface area contributed by atoms with Crippen molar-refractivity contribution in [1.29, 1.82) is 0 Å². The Morgan fingerprint density at radius 2 is 0.580 bits per heavy atom. The van der Waals surface area contributed by atoms with Crippen LogP contribution in [0.3, 0.4) is 0 Å². The van der Waals surface area contributed by atoms with Crippen molar-refractivity contribution in [2.75, 3.05) is 9.80 Å². The zero-order valence-electron chi connectivity index (χ0n) is 49.4. The van der Waals surface area contributed by atoms with Gasteiger partial charge >= 0.3 is 0 Å². The SMILES string of the molecule is Cc1cc(-c2ccc(N(c3ccc(-c4ccc5ccccc5c4)cc3)c3c(C)cccc3-c3cccc4c3oc3ccccc34)c(C)c2)ccc1N(c1ccc(-c2ccc3ccccc3c2)cc1)c1c(C)cccc1-c1cccc2c1oc1ccccc12. The fourth-order valence-corrected chi connectivity index (χ4v) is 13.6. The quantitative estimate of drug-likeness (QED) is 0.129. The van der Waals surface area contributed by atoms with Crippen LogP contribution in [0.2, 0.25) is 0 Å². The highest BCUT2D eigenvalue weighted by atomic mass is 16.3. The number of rotatable bonds is 11. The van der Waals surface area contributed by atoms with Gasteiger partial charge in [-0.25, -0.2) is 0 Å². The normalized spacial score (nSPS) is 11.6. The predicted molar refractivity (Wildman–Crippen MR) is 372 cm³/mol. The maximum Gasteiger partial charge on any atom is 0.143 e. The molecule has 0 amide bonds. The van der Waals surface area contributed by atoms with Crippen molar-refractivity contribution in [3.8, 4) is 55.6 Å². The summed E-state index contributed by atoms with van der Waals surface area (Å²) >= 11 is 0. The summed E-state index contributed by atoms with van der Waals surface area (Å²) in [5.74, 6) is 0. The van der Waals surface area contributed by atoms with Crippen LogP contribution in [-0.4, -0.2) is 0 Å². The lowest BCUT2D eigenvalue weighted by Gasteiger charge is -2.31. The monoisotopic (exact) mass is 1130 g/mol. The van der Waals surface area contributed by atoms with Crippen molar-refractivity contribution in [2.24, 2.45) is 0 Å². The van der Waals surface area contributed by atoms with E-state index in [0.29, 0.717) is 0 Å². The van der Waals surface area contributed by atoms with Crippen molar-refractivity contribution in [1.82, 2.24) is 0 Å². The number of hydrogen-bond acceptors (Lipinski definition) is 4. The molecule has 0 saturated carbocycles. The van der Waals surface area contributed by atoms with Crippen LogP contribution in [0.4, 0.5) is 34.1 Å². The summed E-state index contributed by atoms with van der Waals surface area (Å²) in [6, 6.07) is 106. The van der Waals surface area contributed by atoms with Crippen LogP contribution < -0.4 is 9.80 Å². The van der Waals surface area contributed by atoms with Crippen molar-refractivity contribution in [3.63, 3.8) is 0 Å². The highest BCUT2D eigenvalue weighted by Gasteiger charge is 2.26. The van der Waals surface area contributed by atoms with Crippen LogP contribution in [0.25, 0.3) is 121 Å². The minimum atomic E-state index is 0.880. The Morgan fingerprint density at radius 3 is 1.01 bits per heavy atom. The molecule has 0 N–H and O–H groups in total. The zero-order chi connectivity index (χ0) is 59.0. The summed E-state index contributed by atoms with van der Waals surface area (Å²) in [6.45, 7) is 8.95. The van der Waals surface area contributed by atoms with Gasteiger partial charge in [0, 0.05) is 66.5 Å². The second-order valence-electron chi connectivity index (χ2n) is 23.4. The molecule has 2 heterocycles. The molecule has 0 radical (unpaired) electrons. The lowest BCUT2D eigenvalue weighted by atomic mass is 9.94. The van der Waals surface area contributed by atoms with E-state index in [-0.39, 0.29) is 0 Å². The maximum atomic E-state index is 6.76. The van der Waals surface area contributed by atoms with Gasteiger partial charge in [0.2, 0.25) is 0 Å². The lowest BCUT2D eigenvalue weighted by Crippen LogP contribution is -2.14. The van der Waals surface area contributed by atoms with Crippen molar-refractivity contribution < 1.29 is 8.83 Å². The molecule has 0 fully saturated rings. The molecule has 0 unspecified atom stereocenters. The Kier molecular flexibility index (Phi) is 12.7. The molecule has 16 aromatic rings. The summed E-state index contributed by atoms with van der Waals surface area (Å²) in [5.41, 5.74) is 25.9. The fraction of sp³-hybridized carbons (Fsp3) is 0.0476. The van der Waals surface area contributed by atoms with E-state index in [1.165, 1.54) is 32.7 Å². The van der Waals surface area contributed by atoms with E-state index in [1.807, 2.05) is 12.1 Å². The molecule has 4 heteroatoms. The third-order valence-electron chi connectivity index (χ3n) is 17.9. The molecule has 0 bridgehead atoms. The number of nitrogens with zero attached hydrogens (tertiary/aromatic N) is 2. The first-order valence-corrected chi connectivity index (χ1v) is 30.3. The molecule has 0 aliphatic carbocycles. The summed E-state index contributed by atoms with van der Waals surface area (Å²) < 4.78 is 13.5. The summed E-state index contributed by atoms with van der Waals surface area (Å²) in [5, 5.41) is 9.35. The molecular formula is C84H60N2O2. The number of anilines is 6. The van der Waals surface area contributed by atoms with Crippen LogP contribution in [0.1, 0.15) is 22.3 Å². The average molecular weight is 1130 g/mol. The number of aryl methyl sites for hydroxylation is 4. The Morgan fingerprint density at radius 1 is 0.239 bits per heavy atom. The van der Waals surface area contributed by atoms with Crippen molar-refractivity contribution in [3.05, 3.63) is 313 Å². The molecule has 88 heavy (non-hydrogen) atoms. The second kappa shape index (κ2) is 21.4. The first-order chi connectivity index (χ1) is 43.3. The topological polar surface area (TPSA) is 32.8 Å². The van der Waals surface area contributed by atoms with Crippen LogP contribution in [-0.2, 0) is 0 Å². The third kappa shape index (κ3) is 9.00. The molecular weight excluding hydrogens is 1070 g/mol. The van der Waals surface area contributed by atoms with Gasteiger partial charge in [0.15, 0.2) is 0 Å². The van der Waals surface area contributed by atoms with Crippen LogP contribution in [0.5, 0.6) is 0 Å². The Balaban J connectivity index is 0.820. The van der Waals surface area contributed by atoms with E-state index in [1.54, 1.807) is 0 Å². The highest BCUT2D eigenvalue weighted by molar-refractivity contribution is 6.13. The molecule has 16 rings (SSSR count). The number of furan rings is 2. The molecule has 2 aromatic heterocycles. The molecule has 0 aliphatic rings. The smallest absolute Gasteiger partial charge is 0.143 e. The van der Waals surface area contributed by atoms with Gasteiger partial charge in [0.1, 0.15) is 22.3 Å². The third-order valence-corrected chi connectivity index (χ3v) is 17.9. The molecule has 4 nitrogen and oxygen atoms in total. The van der Waals surface area contributed by atoms with Gasteiger partial charge in [0.25, 0.3) is 0 Å². The molecule has 0 saturated heterocycles. The van der Waals surface area contributed by atoms with Gasteiger partial charge in [-0.1, -0.05) is 218 Å². The Hall–Kier alpha value is -11.2. The standard InChI is InChI=1S/C84H60N2O2/c1-53-17-13-25-71(75-29-15-27-73-69-23-9-11-31-79(69)87-83(73)75)81(53)85(67-43-37-59(38-44-67)65-35-33-57-19-5-7-21-61(57)51-65)77-47-41-63(49-55(77)3)64-42-48-78(56(4)50-64)86(68-45-39-60(40-46-68)66-36-34-58-20-6-8-22-62(58)52-66)82-54(2)18-14-26-72(82)76-30-16-28-74-70-24-10-12-32-80(70)88-84(74)76/h5-52H,1-4H3. The van der Waals surface area contributed by atoms with Gasteiger partial charge < -0.3 is 18.6 Å². The first kappa shape index (κ1) is 52.4. The highest BCUT2D eigenvalue weighted by Crippen LogP contribution is 2.50. The van der Waals surface area contributed by atoms with E-state index in [4.69, 9.17) is 8.83 Å². The fourth-order valence-electron chi connectivity index (χ4n) is 13.6. The minimum absolute atomic E-state index is 0.880. The zero-order valence-corrected chi connectivity index (χ0v) is 49.4. The van der Waals surface area contributed by atoms with E-state index < -0.39 is 0 Å². The number of benzene rings is 14. The average Bonchev–Trinajstić information content (AvgIpc) is 1.70. The largest absolute Gasteiger partial charge is 0.455 e. The van der Waals surface area contributed by atoms with E-state index >= 15 is 0 Å². The predicted octanol–water partition coefficient (Wildman–Crippen LogP) is 24.3. The van der Waals surface area contributed by atoms with E-state index in [0.717, 1.165) is 145 Å². The van der Waals surface area contributed by atoms with Gasteiger partial charge in [-0.3, -0.25) is 0 Å². The van der Waals surface area contributed by atoms with Gasteiger partial charge in [-0.2, -0.15) is 0 Å². The second-order valence-corrected chi connectivity index (χ2v) is 23.4. The Labute approximate surface area is 512 Å². The molecule has 0 atom stereocenters. The number of hydrogen-bond donors (Lipinski definition) is 0. The lowest BCUT2D eigenvalue weighted by molar-refractivity contribution is 0.669. The van der Waals surface area contributed by atoms with Crippen molar-refractivity contribution >= 4 is 99.5 Å². The van der Waals surface area contributed by atoms with E-state index in [9.17, 15) is 0 Å². The minimum Gasteiger partial charge on any atom is -0.455 e. The van der Waals surface area contributed by atoms with Gasteiger partial charge in [-0.05, 0) is 178 Å². The summed E-state index contributed by atoms with van der Waals surface area (Å²) in [6.07, 6.45) is 0. The molecule has 14 aromatic carbocycles. The maximum absolute atomic E-state index is 6.76.